The summed E-state index contributed by atoms with van der Waals surface area (Å²) in [4.78, 5) is 4.50. The molecular formula is C11H17N3O3S. The van der Waals surface area contributed by atoms with Crippen LogP contribution in [0.3, 0.4) is 0 Å². The second-order valence-corrected chi connectivity index (χ2v) is 7.49. The molecule has 1 fully saturated rings. The van der Waals surface area contributed by atoms with Crippen LogP contribution in [-0.4, -0.2) is 45.9 Å². The van der Waals surface area contributed by atoms with Gasteiger partial charge in [-0.1, -0.05) is 0 Å². The number of fused-ring (bicyclic) bond motifs is 1. The molecule has 3 rings (SSSR count). The van der Waals surface area contributed by atoms with E-state index in [1.54, 1.807) is 4.68 Å². The zero-order valence-electron chi connectivity index (χ0n) is 10.1. The highest BCUT2D eigenvalue weighted by Crippen LogP contribution is 2.28. The molecule has 1 N–H and O–H groups in total. The molecule has 6 nitrogen and oxygen atoms in total. The molecule has 0 bridgehead atoms. The molecule has 2 aliphatic heterocycles. The number of sulfone groups is 1. The highest BCUT2D eigenvalue weighted by Gasteiger charge is 2.29. The number of rotatable bonds is 1. The normalized spacial score (nSPS) is 27.9. The van der Waals surface area contributed by atoms with Crippen LogP contribution in [0, 0.1) is 0 Å². The summed E-state index contributed by atoms with van der Waals surface area (Å²) in [5, 5.41) is 14.0. The first-order valence-electron chi connectivity index (χ1n) is 6.35. The van der Waals surface area contributed by atoms with Gasteiger partial charge in [0, 0.05) is 12.3 Å². The molecule has 1 saturated heterocycles. The van der Waals surface area contributed by atoms with E-state index in [0.717, 1.165) is 24.5 Å². The van der Waals surface area contributed by atoms with Crippen LogP contribution in [0.25, 0.3) is 0 Å². The largest absolute Gasteiger partial charge is 0.391 e. The van der Waals surface area contributed by atoms with Gasteiger partial charge in [-0.25, -0.2) is 18.1 Å². The molecule has 2 aliphatic rings. The quantitative estimate of drug-likeness (QED) is 0.769. The minimum absolute atomic E-state index is 0.156. The molecule has 0 aromatic carbocycles. The lowest BCUT2D eigenvalue weighted by atomic mass is 10.0. The summed E-state index contributed by atoms with van der Waals surface area (Å²) in [7, 11) is -2.84. The number of nitrogens with zero attached hydrogens (tertiary/aromatic N) is 3. The fourth-order valence-corrected chi connectivity index (χ4v) is 4.12. The molecule has 0 spiro atoms. The van der Waals surface area contributed by atoms with Gasteiger partial charge in [-0.05, 0) is 19.3 Å². The Labute approximate surface area is 106 Å². The maximum atomic E-state index is 11.4. The summed E-state index contributed by atoms with van der Waals surface area (Å²) < 4.78 is 24.5. The van der Waals surface area contributed by atoms with E-state index in [1.807, 2.05) is 0 Å². The summed E-state index contributed by atoms with van der Waals surface area (Å²) in [5.41, 5.74) is 0. The van der Waals surface area contributed by atoms with Crippen molar-refractivity contribution in [3.05, 3.63) is 11.6 Å². The lowest BCUT2D eigenvalue weighted by molar-refractivity contribution is 0.124. The Morgan fingerprint density at radius 2 is 1.94 bits per heavy atom. The lowest BCUT2D eigenvalue weighted by Gasteiger charge is -2.18. The Hall–Kier alpha value is -0.950. The maximum Gasteiger partial charge on any atom is 0.154 e. The van der Waals surface area contributed by atoms with E-state index in [1.165, 1.54) is 0 Å². The lowest BCUT2D eigenvalue weighted by Crippen LogP contribution is -2.25. The smallest absolute Gasteiger partial charge is 0.154 e. The highest BCUT2D eigenvalue weighted by atomic mass is 32.2. The van der Waals surface area contributed by atoms with Crippen molar-refractivity contribution in [2.45, 2.75) is 44.2 Å². The van der Waals surface area contributed by atoms with Gasteiger partial charge in [0.25, 0.3) is 0 Å². The Bertz CT molecular complexity index is 538. The third kappa shape index (κ3) is 2.29. The molecule has 1 aromatic heterocycles. The van der Waals surface area contributed by atoms with Crippen molar-refractivity contribution in [1.82, 2.24) is 14.8 Å². The van der Waals surface area contributed by atoms with Crippen molar-refractivity contribution in [2.24, 2.45) is 0 Å². The summed E-state index contributed by atoms with van der Waals surface area (Å²) >= 11 is 0. The average molecular weight is 271 g/mol. The van der Waals surface area contributed by atoms with Crippen molar-refractivity contribution < 1.29 is 13.5 Å². The third-order valence-corrected chi connectivity index (χ3v) is 5.48. The fraction of sp³-hybridized carbons (Fsp3) is 0.818. The standard InChI is InChI=1S/C11H17N3O3S/c15-9-1-2-10-12-11(13-14(10)7-9)8-3-5-18(16,17)6-4-8/h8-9,15H,1-7H2. The van der Waals surface area contributed by atoms with E-state index in [-0.39, 0.29) is 23.5 Å². The molecule has 1 unspecified atom stereocenters. The summed E-state index contributed by atoms with van der Waals surface area (Å²) in [5.74, 6) is 2.32. The molecule has 0 radical (unpaired) electrons. The minimum Gasteiger partial charge on any atom is -0.391 e. The van der Waals surface area contributed by atoms with Gasteiger partial charge >= 0.3 is 0 Å². The van der Waals surface area contributed by atoms with Crippen LogP contribution < -0.4 is 0 Å². The zero-order chi connectivity index (χ0) is 12.8. The van der Waals surface area contributed by atoms with Crippen LogP contribution in [0.1, 0.15) is 36.8 Å². The SMILES string of the molecule is O=S1(=O)CCC(c2nc3n(n2)CC(O)CC3)CC1. The van der Waals surface area contributed by atoms with Crippen LogP contribution in [0.2, 0.25) is 0 Å². The monoisotopic (exact) mass is 271 g/mol. The first-order chi connectivity index (χ1) is 8.53. The molecule has 0 amide bonds. The molecule has 1 atom stereocenters. The Morgan fingerprint density at radius 3 is 2.67 bits per heavy atom. The van der Waals surface area contributed by atoms with E-state index in [4.69, 9.17) is 0 Å². The number of hydrogen-bond acceptors (Lipinski definition) is 5. The summed E-state index contributed by atoms with van der Waals surface area (Å²) in [6.07, 6.45) is 2.39. The van der Waals surface area contributed by atoms with Gasteiger partial charge in [-0.15, -0.1) is 0 Å². The molecule has 18 heavy (non-hydrogen) atoms. The zero-order valence-corrected chi connectivity index (χ0v) is 10.9. The summed E-state index contributed by atoms with van der Waals surface area (Å²) in [6.45, 7) is 0.507. The van der Waals surface area contributed by atoms with Crippen molar-refractivity contribution in [3.63, 3.8) is 0 Å². The Kier molecular flexibility index (Phi) is 2.90. The Balaban J connectivity index is 1.78. The number of aryl methyl sites for hydroxylation is 1. The van der Waals surface area contributed by atoms with Gasteiger partial charge in [0.1, 0.15) is 15.7 Å². The van der Waals surface area contributed by atoms with Crippen molar-refractivity contribution in [1.29, 1.82) is 0 Å². The molecule has 0 saturated carbocycles. The number of aromatic nitrogens is 3. The second kappa shape index (κ2) is 4.31. The number of hydrogen-bond donors (Lipinski definition) is 1. The van der Waals surface area contributed by atoms with Crippen LogP contribution in [0.5, 0.6) is 0 Å². The molecule has 1 aromatic rings. The first-order valence-corrected chi connectivity index (χ1v) is 8.18. The van der Waals surface area contributed by atoms with E-state index < -0.39 is 9.84 Å². The topological polar surface area (TPSA) is 85.1 Å². The predicted molar refractivity (Wildman–Crippen MR) is 65.0 cm³/mol. The number of aliphatic hydroxyl groups is 1. The highest BCUT2D eigenvalue weighted by molar-refractivity contribution is 7.91. The molecule has 0 aliphatic carbocycles. The van der Waals surface area contributed by atoms with Gasteiger partial charge in [0.15, 0.2) is 5.82 Å². The average Bonchev–Trinajstić information content (AvgIpc) is 2.71. The van der Waals surface area contributed by atoms with Gasteiger partial charge in [-0.3, -0.25) is 0 Å². The molecule has 3 heterocycles. The van der Waals surface area contributed by atoms with Crippen molar-refractivity contribution >= 4 is 9.84 Å². The third-order valence-electron chi connectivity index (χ3n) is 3.77. The van der Waals surface area contributed by atoms with Gasteiger partial charge in [-0.2, -0.15) is 5.10 Å². The van der Waals surface area contributed by atoms with Gasteiger partial charge < -0.3 is 5.11 Å². The molecule has 7 heteroatoms. The minimum atomic E-state index is -2.84. The van der Waals surface area contributed by atoms with Crippen LogP contribution in [0.4, 0.5) is 0 Å². The van der Waals surface area contributed by atoms with Crippen molar-refractivity contribution in [3.8, 4) is 0 Å². The number of aliphatic hydroxyl groups excluding tert-OH is 1. The Morgan fingerprint density at radius 1 is 1.22 bits per heavy atom. The molecule has 100 valence electrons. The van der Waals surface area contributed by atoms with Crippen LogP contribution in [-0.2, 0) is 22.8 Å². The second-order valence-electron chi connectivity index (χ2n) is 5.19. The van der Waals surface area contributed by atoms with Gasteiger partial charge in [0.2, 0.25) is 0 Å². The predicted octanol–water partition coefficient (Wildman–Crippen LogP) is -0.123. The fourth-order valence-electron chi connectivity index (χ4n) is 2.63. The van der Waals surface area contributed by atoms with Crippen LogP contribution in [0.15, 0.2) is 0 Å². The van der Waals surface area contributed by atoms with E-state index >= 15 is 0 Å². The van der Waals surface area contributed by atoms with Crippen molar-refractivity contribution in [2.75, 3.05) is 11.5 Å². The van der Waals surface area contributed by atoms with E-state index in [0.29, 0.717) is 19.4 Å². The van der Waals surface area contributed by atoms with E-state index in [2.05, 4.69) is 10.1 Å². The molecular weight excluding hydrogens is 254 g/mol. The van der Waals surface area contributed by atoms with E-state index in [9.17, 15) is 13.5 Å². The maximum absolute atomic E-state index is 11.4. The summed E-state index contributed by atoms with van der Waals surface area (Å²) in [6, 6.07) is 0. The van der Waals surface area contributed by atoms with Crippen LogP contribution >= 0.6 is 0 Å². The van der Waals surface area contributed by atoms with Gasteiger partial charge in [0.05, 0.1) is 24.2 Å². The first kappa shape index (κ1) is 12.1.